The predicted octanol–water partition coefficient (Wildman–Crippen LogP) is 3.09. The van der Waals surface area contributed by atoms with Crippen molar-refractivity contribution in [3.05, 3.63) is 42.1 Å². The number of nitrogens with one attached hydrogen (secondary N) is 1. The third-order valence-electron chi connectivity index (χ3n) is 4.17. The molecule has 0 aliphatic heterocycles. The van der Waals surface area contributed by atoms with Crippen molar-refractivity contribution in [1.29, 1.82) is 0 Å². The molecule has 2 nitrogen and oxygen atoms in total. The van der Waals surface area contributed by atoms with Gasteiger partial charge in [0.25, 0.3) is 0 Å². The fourth-order valence-corrected chi connectivity index (χ4v) is 2.73. The zero-order valence-electron chi connectivity index (χ0n) is 10.5. The van der Waals surface area contributed by atoms with Gasteiger partial charge in [-0.3, -0.25) is 4.98 Å². The number of hydrogen-bond acceptors (Lipinski definition) is 2. The third kappa shape index (κ3) is 2.01. The van der Waals surface area contributed by atoms with E-state index in [1.807, 2.05) is 0 Å². The molecule has 0 spiro atoms. The first-order chi connectivity index (χ1) is 8.90. The largest absolute Gasteiger partial charge is 0.314 e. The monoisotopic (exact) mass is 238 g/mol. The summed E-state index contributed by atoms with van der Waals surface area (Å²) in [5, 5.41) is 4.87. The Bertz CT molecular complexity index is 574. The van der Waals surface area contributed by atoms with Crippen molar-refractivity contribution >= 4 is 10.9 Å². The smallest absolute Gasteiger partial charge is 0.0705 e. The molecule has 92 valence electrons. The van der Waals surface area contributed by atoms with Gasteiger partial charge in [-0.15, -0.1) is 0 Å². The maximum atomic E-state index is 4.80. The summed E-state index contributed by atoms with van der Waals surface area (Å²) in [5.41, 5.74) is 2.42. The van der Waals surface area contributed by atoms with Crippen molar-refractivity contribution < 1.29 is 0 Å². The Balaban J connectivity index is 1.49. The van der Waals surface area contributed by atoms with Gasteiger partial charge >= 0.3 is 0 Å². The molecule has 0 radical (unpaired) electrons. The van der Waals surface area contributed by atoms with E-state index in [1.165, 1.54) is 36.9 Å². The number of rotatable bonds is 4. The minimum absolute atomic E-state index is 0.695. The summed E-state index contributed by atoms with van der Waals surface area (Å²) in [5.74, 6) is 1.51. The third-order valence-corrected chi connectivity index (χ3v) is 4.17. The number of fused-ring (bicyclic) bond motifs is 1. The second-order valence-corrected chi connectivity index (χ2v) is 5.71. The molecule has 0 saturated heterocycles. The van der Waals surface area contributed by atoms with Gasteiger partial charge in [-0.1, -0.05) is 24.3 Å². The molecule has 2 unspecified atom stereocenters. The molecule has 1 aromatic carbocycles. The summed E-state index contributed by atoms with van der Waals surface area (Å²) in [6, 6.07) is 13.6. The van der Waals surface area contributed by atoms with Crippen LogP contribution < -0.4 is 5.32 Å². The Hall–Kier alpha value is -1.41. The van der Waals surface area contributed by atoms with Gasteiger partial charge in [-0.05, 0) is 43.9 Å². The van der Waals surface area contributed by atoms with Gasteiger partial charge in [-0.2, -0.15) is 0 Å². The topological polar surface area (TPSA) is 24.9 Å². The first-order valence-electron chi connectivity index (χ1n) is 6.99. The highest BCUT2D eigenvalue weighted by Gasteiger charge is 2.39. The summed E-state index contributed by atoms with van der Waals surface area (Å²) in [4.78, 5) is 4.80. The van der Waals surface area contributed by atoms with Gasteiger partial charge in [0.15, 0.2) is 0 Å². The van der Waals surface area contributed by atoms with E-state index in [4.69, 9.17) is 4.98 Å². The van der Waals surface area contributed by atoms with Crippen LogP contribution >= 0.6 is 0 Å². The van der Waals surface area contributed by atoms with Crippen LogP contribution in [0.2, 0.25) is 0 Å². The van der Waals surface area contributed by atoms with Crippen molar-refractivity contribution in [2.75, 3.05) is 6.54 Å². The first-order valence-corrected chi connectivity index (χ1v) is 6.99. The van der Waals surface area contributed by atoms with Crippen LogP contribution in [-0.2, 0) is 0 Å². The molecule has 2 aliphatic carbocycles. The highest BCUT2D eigenvalue weighted by molar-refractivity contribution is 5.78. The van der Waals surface area contributed by atoms with E-state index in [-0.39, 0.29) is 0 Å². The molecule has 4 rings (SSSR count). The first kappa shape index (κ1) is 10.5. The van der Waals surface area contributed by atoms with Crippen molar-refractivity contribution in [3.63, 3.8) is 0 Å². The second kappa shape index (κ2) is 4.06. The van der Waals surface area contributed by atoms with Crippen molar-refractivity contribution in [1.82, 2.24) is 10.3 Å². The summed E-state index contributed by atoms with van der Waals surface area (Å²) in [6.45, 7) is 1.18. The molecule has 2 aromatic rings. The molecule has 2 fully saturated rings. The quantitative estimate of drug-likeness (QED) is 0.885. The van der Waals surface area contributed by atoms with E-state index >= 15 is 0 Å². The molecule has 1 heterocycles. The van der Waals surface area contributed by atoms with Crippen LogP contribution in [0.4, 0.5) is 0 Å². The van der Waals surface area contributed by atoms with Crippen molar-refractivity contribution in [3.8, 4) is 0 Å². The number of hydrogen-bond donors (Lipinski definition) is 1. The molecule has 2 aliphatic rings. The molecule has 1 N–H and O–H groups in total. The Morgan fingerprint density at radius 2 is 2.00 bits per heavy atom. The minimum atomic E-state index is 0.695. The second-order valence-electron chi connectivity index (χ2n) is 5.71. The number of nitrogens with zero attached hydrogens (tertiary/aromatic N) is 1. The fraction of sp³-hybridized carbons (Fsp3) is 0.438. The molecular weight excluding hydrogens is 220 g/mol. The standard InChI is InChI=1S/C16H18N2/c1-2-4-15-11(3-1)5-8-16(18-15)14-9-12(14)10-17-13-6-7-13/h1-5,8,12-14,17H,6-7,9-10H2. The summed E-state index contributed by atoms with van der Waals surface area (Å²) in [6.07, 6.45) is 4.07. The van der Waals surface area contributed by atoms with Gasteiger partial charge < -0.3 is 5.32 Å². The zero-order valence-corrected chi connectivity index (χ0v) is 10.5. The summed E-state index contributed by atoms with van der Waals surface area (Å²) >= 11 is 0. The van der Waals surface area contributed by atoms with Crippen LogP contribution in [0.1, 0.15) is 30.9 Å². The molecule has 2 saturated carbocycles. The van der Waals surface area contributed by atoms with Gasteiger partial charge in [-0.25, -0.2) is 0 Å². The molecule has 2 heteroatoms. The summed E-state index contributed by atoms with van der Waals surface area (Å²) < 4.78 is 0. The summed E-state index contributed by atoms with van der Waals surface area (Å²) in [7, 11) is 0. The van der Waals surface area contributed by atoms with Gasteiger partial charge in [0.05, 0.1) is 5.52 Å². The molecule has 0 amide bonds. The van der Waals surface area contributed by atoms with E-state index in [9.17, 15) is 0 Å². The molecule has 0 bridgehead atoms. The Kier molecular flexibility index (Phi) is 2.37. The van der Waals surface area contributed by atoms with E-state index < -0.39 is 0 Å². The van der Waals surface area contributed by atoms with Crippen LogP contribution in [-0.4, -0.2) is 17.6 Å². The lowest BCUT2D eigenvalue weighted by Gasteiger charge is -2.03. The van der Waals surface area contributed by atoms with Crippen LogP contribution in [0.25, 0.3) is 10.9 Å². The van der Waals surface area contributed by atoms with Crippen LogP contribution in [0.5, 0.6) is 0 Å². The number of para-hydroxylation sites is 1. The molecule has 1 aromatic heterocycles. The Morgan fingerprint density at radius 1 is 1.11 bits per heavy atom. The number of aromatic nitrogens is 1. The Labute approximate surface area is 107 Å². The van der Waals surface area contributed by atoms with Crippen LogP contribution in [0, 0.1) is 5.92 Å². The average Bonchev–Trinajstić information content (AvgIpc) is 3.29. The molecule has 2 atom stereocenters. The number of pyridine rings is 1. The highest BCUT2D eigenvalue weighted by Crippen LogP contribution is 2.46. The van der Waals surface area contributed by atoms with E-state index in [0.717, 1.165) is 17.5 Å². The van der Waals surface area contributed by atoms with E-state index in [0.29, 0.717) is 5.92 Å². The fourth-order valence-electron chi connectivity index (χ4n) is 2.73. The highest BCUT2D eigenvalue weighted by atomic mass is 15.0. The number of benzene rings is 1. The van der Waals surface area contributed by atoms with Gasteiger partial charge in [0.1, 0.15) is 0 Å². The van der Waals surface area contributed by atoms with E-state index in [1.54, 1.807) is 0 Å². The van der Waals surface area contributed by atoms with Crippen LogP contribution in [0.3, 0.4) is 0 Å². The van der Waals surface area contributed by atoms with Crippen LogP contribution in [0.15, 0.2) is 36.4 Å². The predicted molar refractivity (Wildman–Crippen MR) is 73.6 cm³/mol. The van der Waals surface area contributed by atoms with Gasteiger partial charge in [0, 0.05) is 23.0 Å². The maximum Gasteiger partial charge on any atom is 0.0705 e. The SMILES string of the molecule is c1ccc2nc(C3CC3CNC3CC3)ccc2c1. The maximum absolute atomic E-state index is 4.80. The lowest BCUT2D eigenvalue weighted by atomic mass is 10.1. The van der Waals surface area contributed by atoms with E-state index in [2.05, 4.69) is 41.7 Å². The minimum Gasteiger partial charge on any atom is -0.314 e. The normalized spacial score (nSPS) is 26.4. The average molecular weight is 238 g/mol. The lowest BCUT2D eigenvalue weighted by molar-refractivity contribution is 0.622. The molecular formula is C16H18N2. The Morgan fingerprint density at radius 3 is 2.89 bits per heavy atom. The lowest BCUT2D eigenvalue weighted by Crippen LogP contribution is -2.19. The zero-order chi connectivity index (χ0) is 11.9. The van der Waals surface area contributed by atoms with Gasteiger partial charge in [0.2, 0.25) is 0 Å². The molecule has 18 heavy (non-hydrogen) atoms. The van der Waals surface area contributed by atoms with Crippen molar-refractivity contribution in [2.24, 2.45) is 5.92 Å². The van der Waals surface area contributed by atoms with Crippen molar-refractivity contribution in [2.45, 2.75) is 31.2 Å².